The Labute approximate surface area is 124 Å². The molecular weight excluding hydrogens is 256 g/mol. The molecule has 0 aromatic carbocycles. The van der Waals surface area contributed by atoms with Gasteiger partial charge in [0.05, 0.1) is 0 Å². The molecule has 0 radical (unpaired) electrons. The van der Waals surface area contributed by atoms with E-state index in [2.05, 4.69) is 6.92 Å². The van der Waals surface area contributed by atoms with Crippen LogP contribution >= 0.6 is 0 Å². The standard InChI is InChI=1S/C16H32O2.2H2O/c1-2-3-4-5-6-7-8-9-10-11-12-13-14-15-16(17)18;;/h2-15H2,1H3,(H,17,18);2*1H2. The Kier molecular flexibility index (Phi) is 25.3. The van der Waals surface area contributed by atoms with Gasteiger partial charge in [-0.2, -0.15) is 0 Å². The van der Waals surface area contributed by atoms with E-state index in [0.717, 1.165) is 12.8 Å². The summed E-state index contributed by atoms with van der Waals surface area (Å²) in [5.41, 5.74) is 0. The lowest BCUT2D eigenvalue weighted by atomic mass is 10.0. The molecule has 0 atom stereocenters. The maximum atomic E-state index is 10.3. The third kappa shape index (κ3) is 22.6. The molecule has 4 heteroatoms. The van der Waals surface area contributed by atoms with Crippen molar-refractivity contribution >= 4 is 5.97 Å². The van der Waals surface area contributed by atoms with Crippen molar-refractivity contribution in [2.45, 2.75) is 96.8 Å². The van der Waals surface area contributed by atoms with E-state index in [0.29, 0.717) is 6.42 Å². The van der Waals surface area contributed by atoms with Gasteiger partial charge >= 0.3 is 5.97 Å². The van der Waals surface area contributed by atoms with E-state index < -0.39 is 5.97 Å². The molecule has 0 aromatic heterocycles. The number of carbonyl (C=O) groups is 1. The normalized spacial score (nSPS) is 9.65. The van der Waals surface area contributed by atoms with Crippen molar-refractivity contribution in [3.05, 3.63) is 0 Å². The SMILES string of the molecule is CCCCCCCCCCCCCCCC(=O)O.O.O. The lowest BCUT2D eigenvalue weighted by Gasteiger charge is -2.02. The van der Waals surface area contributed by atoms with E-state index in [1.54, 1.807) is 0 Å². The highest BCUT2D eigenvalue weighted by Gasteiger charge is 1.96. The van der Waals surface area contributed by atoms with Gasteiger partial charge in [-0.15, -0.1) is 0 Å². The van der Waals surface area contributed by atoms with E-state index in [1.807, 2.05) is 0 Å². The molecule has 20 heavy (non-hydrogen) atoms. The Balaban J connectivity index is -0.00000144. The Morgan fingerprint density at radius 2 is 0.950 bits per heavy atom. The van der Waals surface area contributed by atoms with Crippen molar-refractivity contribution in [2.75, 3.05) is 0 Å². The maximum Gasteiger partial charge on any atom is 0.303 e. The number of carboxylic acids is 1. The Hall–Kier alpha value is -0.610. The van der Waals surface area contributed by atoms with Crippen LogP contribution in [0.4, 0.5) is 0 Å². The minimum Gasteiger partial charge on any atom is -0.481 e. The van der Waals surface area contributed by atoms with Gasteiger partial charge < -0.3 is 16.1 Å². The van der Waals surface area contributed by atoms with Gasteiger partial charge in [0.15, 0.2) is 0 Å². The van der Waals surface area contributed by atoms with E-state index in [1.165, 1.54) is 70.6 Å². The van der Waals surface area contributed by atoms with Gasteiger partial charge in [-0.05, 0) is 6.42 Å². The van der Waals surface area contributed by atoms with E-state index >= 15 is 0 Å². The maximum absolute atomic E-state index is 10.3. The number of carboxylic acid groups (broad SMARTS) is 1. The molecule has 0 saturated carbocycles. The highest BCUT2D eigenvalue weighted by molar-refractivity contribution is 5.66. The monoisotopic (exact) mass is 292 g/mol. The lowest BCUT2D eigenvalue weighted by Crippen LogP contribution is -1.93. The fourth-order valence-electron chi connectivity index (χ4n) is 2.29. The third-order valence-electron chi connectivity index (χ3n) is 3.49. The average Bonchev–Trinajstić information content (AvgIpc) is 2.34. The van der Waals surface area contributed by atoms with Crippen molar-refractivity contribution < 1.29 is 20.9 Å². The summed E-state index contributed by atoms with van der Waals surface area (Å²) in [6, 6.07) is 0. The summed E-state index contributed by atoms with van der Waals surface area (Å²) in [6.07, 6.45) is 17.3. The molecule has 124 valence electrons. The second-order valence-corrected chi connectivity index (χ2v) is 5.39. The summed E-state index contributed by atoms with van der Waals surface area (Å²) < 4.78 is 0. The predicted octanol–water partition coefficient (Wildman–Crippen LogP) is 3.90. The van der Waals surface area contributed by atoms with Crippen LogP contribution in [0.3, 0.4) is 0 Å². The van der Waals surface area contributed by atoms with E-state index in [4.69, 9.17) is 5.11 Å². The molecule has 0 aliphatic heterocycles. The van der Waals surface area contributed by atoms with Crippen LogP contribution in [-0.2, 0) is 4.79 Å². The number of hydrogen-bond donors (Lipinski definition) is 1. The van der Waals surface area contributed by atoms with Gasteiger partial charge in [0.25, 0.3) is 0 Å². The molecule has 0 aromatic rings. The van der Waals surface area contributed by atoms with Gasteiger partial charge in [-0.25, -0.2) is 0 Å². The molecule has 0 aliphatic rings. The molecule has 0 rings (SSSR count). The smallest absolute Gasteiger partial charge is 0.303 e. The molecule has 0 amide bonds. The first-order valence-corrected chi connectivity index (χ1v) is 7.99. The van der Waals surface area contributed by atoms with Crippen LogP contribution in [0.2, 0.25) is 0 Å². The van der Waals surface area contributed by atoms with Crippen LogP contribution in [0.1, 0.15) is 96.8 Å². The first kappa shape index (κ1) is 24.4. The topological polar surface area (TPSA) is 100 Å². The van der Waals surface area contributed by atoms with Crippen LogP contribution in [0.15, 0.2) is 0 Å². The zero-order valence-corrected chi connectivity index (χ0v) is 13.3. The van der Waals surface area contributed by atoms with Crippen molar-refractivity contribution in [3.63, 3.8) is 0 Å². The molecule has 5 N–H and O–H groups in total. The number of aliphatic carboxylic acids is 1. The Morgan fingerprint density at radius 1 is 0.650 bits per heavy atom. The first-order chi connectivity index (χ1) is 8.77. The summed E-state index contributed by atoms with van der Waals surface area (Å²) >= 11 is 0. The molecule has 0 saturated heterocycles. The third-order valence-corrected chi connectivity index (χ3v) is 3.49. The summed E-state index contributed by atoms with van der Waals surface area (Å²) in [5, 5.41) is 8.49. The highest BCUT2D eigenvalue weighted by atomic mass is 16.4. The molecule has 0 fully saturated rings. The number of rotatable bonds is 14. The van der Waals surface area contributed by atoms with Gasteiger partial charge in [0.1, 0.15) is 0 Å². The van der Waals surface area contributed by atoms with Crippen LogP contribution in [0, 0.1) is 0 Å². The van der Waals surface area contributed by atoms with Crippen LogP contribution < -0.4 is 0 Å². The molecule has 0 heterocycles. The van der Waals surface area contributed by atoms with Crippen LogP contribution in [0.5, 0.6) is 0 Å². The summed E-state index contributed by atoms with van der Waals surface area (Å²) in [5.74, 6) is -0.655. The minimum absolute atomic E-state index is 0. The second-order valence-electron chi connectivity index (χ2n) is 5.39. The van der Waals surface area contributed by atoms with Crippen LogP contribution in [0.25, 0.3) is 0 Å². The summed E-state index contributed by atoms with van der Waals surface area (Å²) in [4.78, 5) is 10.3. The fraction of sp³-hybridized carbons (Fsp3) is 0.938. The molecular formula is C16H36O4. The van der Waals surface area contributed by atoms with Crippen molar-refractivity contribution in [1.29, 1.82) is 0 Å². The molecule has 0 spiro atoms. The quantitative estimate of drug-likeness (QED) is 0.491. The number of unbranched alkanes of at least 4 members (excludes halogenated alkanes) is 12. The molecule has 4 nitrogen and oxygen atoms in total. The summed E-state index contributed by atoms with van der Waals surface area (Å²) in [6.45, 7) is 2.26. The molecule has 0 unspecified atom stereocenters. The van der Waals surface area contributed by atoms with Gasteiger partial charge in [-0.1, -0.05) is 84.0 Å². The molecule has 0 aliphatic carbocycles. The van der Waals surface area contributed by atoms with E-state index in [9.17, 15) is 4.79 Å². The van der Waals surface area contributed by atoms with Gasteiger partial charge in [0, 0.05) is 6.42 Å². The second kappa shape index (κ2) is 20.7. The first-order valence-electron chi connectivity index (χ1n) is 7.99. The fourth-order valence-corrected chi connectivity index (χ4v) is 2.29. The van der Waals surface area contributed by atoms with Crippen LogP contribution in [-0.4, -0.2) is 22.0 Å². The predicted molar refractivity (Wildman–Crippen MR) is 85.2 cm³/mol. The van der Waals surface area contributed by atoms with Gasteiger partial charge in [0.2, 0.25) is 0 Å². The summed E-state index contributed by atoms with van der Waals surface area (Å²) in [7, 11) is 0. The van der Waals surface area contributed by atoms with Crippen molar-refractivity contribution in [2.24, 2.45) is 0 Å². The van der Waals surface area contributed by atoms with Crippen molar-refractivity contribution in [1.82, 2.24) is 0 Å². The Morgan fingerprint density at radius 3 is 1.25 bits per heavy atom. The number of hydrogen-bond acceptors (Lipinski definition) is 1. The lowest BCUT2D eigenvalue weighted by molar-refractivity contribution is -0.137. The highest BCUT2D eigenvalue weighted by Crippen LogP contribution is 2.12. The van der Waals surface area contributed by atoms with E-state index in [-0.39, 0.29) is 11.0 Å². The zero-order valence-electron chi connectivity index (χ0n) is 13.3. The van der Waals surface area contributed by atoms with Gasteiger partial charge in [-0.3, -0.25) is 4.79 Å². The minimum atomic E-state index is -0.655. The Bertz CT molecular complexity index is 183. The largest absolute Gasteiger partial charge is 0.481 e. The zero-order chi connectivity index (χ0) is 13.5. The molecule has 0 bridgehead atoms. The van der Waals surface area contributed by atoms with Crippen molar-refractivity contribution in [3.8, 4) is 0 Å². The average molecular weight is 292 g/mol.